The monoisotopic (exact) mass is 327 g/mol. The average Bonchev–Trinajstić information content (AvgIpc) is 3.03. The first-order chi connectivity index (χ1) is 11.2. The molecule has 0 saturated heterocycles. The number of aliphatic hydroxyl groups excluding tert-OH is 1. The molecule has 0 radical (unpaired) electrons. The SMILES string of the molecule is O=C(CO)c1ccc2nc(-c3ccc4c(c3)OCCO4)sc2c1. The van der Waals surface area contributed by atoms with Crippen molar-refractivity contribution in [3.05, 3.63) is 42.0 Å². The number of ether oxygens (including phenoxy) is 2. The minimum Gasteiger partial charge on any atom is -0.486 e. The van der Waals surface area contributed by atoms with Gasteiger partial charge >= 0.3 is 0 Å². The molecule has 0 unspecified atom stereocenters. The van der Waals surface area contributed by atoms with E-state index in [4.69, 9.17) is 14.6 Å². The van der Waals surface area contributed by atoms with Gasteiger partial charge in [-0.25, -0.2) is 4.98 Å². The lowest BCUT2D eigenvalue weighted by Gasteiger charge is -2.18. The number of carbonyl (C=O) groups excluding carboxylic acids is 1. The van der Waals surface area contributed by atoms with Crippen LogP contribution in [-0.2, 0) is 0 Å². The van der Waals surface area contributed by atoms with Crippen molar-refractivity contribution in [1.29, 1.82) is 0 Å². The van der Waals surface area contributed by atoms with Crippen LogP contribution in [0.4, 0.5) is 0 Å². The lowest BCUT2D eigenvalue weighted by Crippen LogP contribution is -2.15. The predicted molar refractivity (Wildman–Crippen MR) is 87.5 cm³/mol. The maximum absolute atomic E-state index is 11.6. The van der Waals surface area contributed by atoms with Crippen molar-refractivity contribution in [2.45, 2.75) is 0 Å². The zero-order valence-corrected chi connectivity index (χ0v) is 12.9. The highest BCUT2D eigenvalue weighted by Gasteiger charge is 2.15. The second-order valence-corrected chi connectivity index (χ2v) is 6.17. The van der Waals surface area contributed by atoms with Gasteiger partial charge in [-0.3, -0.25) is 4.79 Å². The van der Waals surface area contributed by atoms with E-state index >= 15 is 0 Å². The van der Waals surface area contributed by atoms with Gasteiger partial charge in [-0.05, 0) is 36.4 Å². The van der Waals surface area contributed by atoms with Gasteiger partial charge in [0.25, 0.3) is 0 Å². The van der Waals surface area contributed by atoms with E-state index in [-0.39, 0.29) is 5.78 Å². The molecule has 6 heteroatoms. The van der Waals surface area contributed by atoms with E-state index in [1.807, 2.05) is 18.2 Å². The first-order valence-corrected chi connectivity index (χ1v) is 8.01. The standard InChI is InChI=1S/C17H13NO4S/c19-9-13(20)10-1-3-12-16(8-10)23-17(18-12)11-2-4-14-15(7-11)22-6-5-21-14/h1-4,7-8,19H,5-6,9H2. The Morgan fingerprint density at radius 2 is 1.96 bits per heavy atom. The van der Waals surface area contributed by atoms with Crippen LogP contribution in [-0.4, -0.2) is 35.7 Å². The number of nitrogens with zero attached hydrogens (tertiary/aromatic N) is 1. The van der Waals surface area contributed by atoms with E-state index in [0.717, 1.165) is 32.3 Å². The number of rotatable bonds is 3. The van der Waals surface area contributed by atoms with E-state index in [9.17, 15) is 4.79 Å². The minimum atomic E-state index is -0.487. The summed E-state index contributed by atoms with van der Waals surface area (Å²) in [6.07, 6.45) is 0. The second-order valence-electron chi connectivity index (χ2n) is 5.14. The summed E-state index contributed by atoms with van der Waals surface area (Å²) in [6.45, 7) is 0.622. The predicted octanol–water partition coefficient (Wildman–Crippen LogP) is 2.91. The highest BCUT2D eigenvalue weighted by molar-refractivity contribution is 7.21. The fourth-order valence-corrected chi connectivity index (χ4v) is 3.49. The maximum atomic E-state index is 11.6. The minimum absolute atomic E-state index is 0.291. The van der Waals surface area contributed by atoms with Gasteiger partial charge in [0.1, 0.15) is 24.8 Å². The summed E-state index contributed by atoms with van der Waals surface area (Å²) < 4.78 is 12.0. The molecule has 0 aliphatic carbocycles. The van der Waals surface area contributed by atoms with Crippen molar-refractivity contribution >= 4 is 27.3 Å². The van der Waals surface area contributed by atoms with Crippen LogP contribution in [0, 0.1) is 0 Å². The largest absolute Gasteiger partial charge is 0.486 e. The lowest BCUT2D eigenvalue weighted by atomic mass is 10.1. The molecule has 0 saturated carbocycles. The number of hydrogen-bond donors (Lipinski definition) is 1. The molecular formula is C17H13NO4S. The number of aromatic nitrogens is 1. The van der Waals surface area contributed by atoms with Crippen LogP contribution < -0.4 is 9.47 Å². The van der Waals surface area contributed by atoms with Crippen molar-refractivity contribution in [2.75, 3.05) is 19.8 Å². The molecule has 0 bridgehead atoms. The molecule has 0 spiro atoms. The van der Waals surface area contributed by atoms with Crippen molar-refractivity contribution < 1.29 is 19.4 Å². The fourth-order valence-electron chi connectivity index (χ4n) is 2.49. The average molecular weight is 327 g/mol. The second kappa shape index (κ2) is 5.64. The molecule has 3 aromatic rings. The number of fused-ring (bicyclic) bond motifs is 2. The highest BCUT2D eigenvalue weighted by Crippen LogP contribution is 2.37. The third-order valence-electron chi connectivity index (χ3n) is 3.64. The molecule has 2 heterocycles. The summed E-state index contributed by atoms with van der Waals surface area (Å²) in [5.41, 5.74) is 2.28. The summed E-state index contributed by atoms with van der Waals surface area (Å²) in [5, 5.41) is 9.82. The van der Waals surface area contributed by atoms with Crippen LogP contribution in [0.25, 0.3) is 20.8 Å². The van der Waals surface area contributed by atoms with Gasteiger partial charge in [0.15, 0.2) is 17.3 Å². The zero-order chi connectivity index (χ0) is 15.8. The van der Waals surface area contributed by atoms with Crippen LogP contribution in [0.15, 0.2) is 36.4 Å². The molecule has 4 rings (SSSR count). The molecule has 0 amide bonds. The molecule has 5 nitrogen and oxygen atoms in total. The number of thiazole rings is 1. The van der Waals surface area contributed by atoms with Gasteiger partial charge < -0.3 is 14.6 Å². The van der Waals surface area contributed by atoms with Crippen molar-refractivity contribution in [1.82, 2.24) is 4.98 Å². The van der Waals surface area contributed by atoms with Gasteiger partial charge in [-0.2, -0.15) is 0 Å². The summed E-state index contributed by atoms with van der Waals surface area (Å²) in [7, 11) is 0. The van der Waals surface area contributed by atoms with Gasteiger partial charge in [0.05, 0.1) is 10.2 Å². The Bertz CT molecular complexity index is 903. The molecule has 1 N–H and O–H groups in total. The van der Waals surface area contributed by atoms with Crippen molar-refractivity contribution in [2.24, 2.45) is 0 Å². The highest BCUT2D eigenvalue weighted by atomic mass is 32.1. The number of ketones is 1. The Morgan fingerprint density at radius 1 is 1.13 bits per heavy atom. The quantitative estimate of drug-likeness (QED) is 0.749. The van der Waals surface area contributed by atoms with E-state index in [1.165, 1.54) is 11.3 Å². The Kier molecular flexibility index (Phi) is 3.48. The van der Waals surface area contributed by atoms with E-state index < -0.39 is 6.61 Å². The summed E-state index contributed by atoms with van der Waals surface area (Å²) in [5.74, 6) is 1.18. The Balaban J connectivity index is 1.75. The van der Waals surface area contributed by atoms with Crippen molar-refractivity contribution in [3.63, 3.8) is 0 Å². The number of carbonyl (C=O) groups is 1. The third-order valence-corrected chi connectivity index (χ3v) is 4.71. The van der Waals surface area contributed by atoms with Crippen LogP contribution in [0.2, 0.25) is 0 Å². The molecule has 23 heavy (non-hydrogen) atoms. The fraction of sp³-hybridized carbons (Fsp3) is 0.176. The van der Waals surface area contributed by atoms with E-state index in [1.54, 1.807) is 18.2 Å². The zero-order valence-electron chi connectivity index (χ0n) is 12.1. The van der Waals surface area contributed by atoms with Crippen LogP contribution in [0.1, 0.15) is 10.4 Å². The third kappa shape index (κ3) is 2.56. The Morgan fingerprint density at radius 3 is 2.78 bits per heavy atom. The molecule has 116 valence electrons. The summed E-state index contributed by atoms with van der Waals surface area (Å²) >= 11 is 1.50. The molecule has 0 fully saturated rings. The molecule has 2 aromatic carbocycles. The first-order valence-electron chi connectivity index (χ1n) is 7.19. The first kappa shape index (κ1) is 14.2. The van der Waals surface area contributed by atoms with E-state index in [2.05, 4.69) is 4.98 Å². The summed E-state index contributed by atoms with van der Waals surface area (Å²) in [6, 6.07) is 11.0. The molecular weight excluding hydrogens is 314 g/mol. The van der Waals surface area contributed by atoms with Crippen LogP contribution in [0.5, 0.6) is 11.5 Å². The lowest BCUT2D eigenvalue weighted by molar-refractivity contribution is 0.0904. The smallest absolute Gasteiger partial charge is 0.188 e. The van der Waals surface area contributed by atoms with Crippen molar-refractivity contribution in [3.8, 4) is 22.1 Å². The Hall–Kier alpha value is -2.44. The van der Waals surface area contributed by atoms with Crippen LogP contribution >= 0.6 is 11.3 Å². The number of aliphatic hydroxyl groups is 1. The van der Waals surface area contributed by atoms with Crippen LogP contribution in [0.3, 0.4) is 0 Å². The molecule has 0 atom stereocenters. The van der Waals surface area contributed by atoms with Gasteiger partial charge in [-0.15, -0.1) is 11.3 Å². The number of Topliss-reactive ketones (excluding diaryl/α,β-unsaturated/α-hetero) is 1. The van der Waals surface area contributed by atoms with Gasteiger partial charge in [0.2, 0.25) is 0 Å². The molecule has 1 aliphatic rings. The molecule has 1 aromatic heterocycles. The summed E-state index contributed by atoms with van der Waals surface area (Å²) in [4.78, 5) is 16.2. The van der Waals surface area contributed by atoms with E-state index in [0.29, 0.717) is 18.8 Å². The Labute approximate surface area is 136 Å². The maximum Gasteiger partial charge on any atom is 0.188 e. The van der Waals surface area contributed by atoms with Gasteiger partial charge in [-0.1, -0.05) is 0 Å². The number of benzene rings is 2. The number of hydrogen-bond acceptors (Lipinski definition) is 6. The topological polar surface area (TPSA) is 68.7 Å². The molecule has 1 aliphatic heterocycles. The normalized spacial score (nSPS) is 13.3. The van der Waals surface area contributed by atoms with Gasteiger partial charge in [0, 0.05) is 11.1 Å².